The van der Waals surface area contributed by atoms with Gasteiger partial charge in [-0.15, -0.1) is 0 Å². The zero-order valence-corrected chi connectivity index (χ0v) is 8.17. The lowest BCUT2D eigenvalue weighted by Gasteiger charge is -2.34. The summed E-state index contributed by atoms with van der Waals surface area (Å²) in [6.07, 6.45) is 3.80. The second-order valence-electron chi connectivity index (χ2n) is 3.43. The van der Waals surface area contributed by atoms with E-state index < -0.39 is 0 Å². The highest BCUT2D eigenvalue weighted by Gasteiger charge is 2.28. The van der Waals surface area contributed by atoms with Crippen molar-refractivity contribution in [3.63, 3.8) is 0 Å². The number of nitrogens with zero attached hydrogens (tertiary/aromatic N) is 2. The summed E-state index contributed by atoms with van der Waals surface area (Å²) in [7, 11) is 0. The normalized spacial score (nSPS) is 26.5. The molecule has 2 atom stereocenters. The van der Waals surface area contributed by atoms with E-state index in [9.17, 15) is 4.79 Å². The molecule has 1 aliphatic carbocycles. The van der Waals surface area contributed by atoms with E-state index in [0.29, 0.717) is 17.7 Å². The summed E-state index contributed by atoms with van der Waals surface area (Å²) in [5.74, 6) is 0.515. The number of carbonyl (C=O) groups excluding carboxylic acids is 1. The summed E-state index contributed by atoms with van der Waals surface area (Å²) in [5.41, 5.74) is 0.434. The molecule has 0 aliphatic heterocycles. The number of aromatic nitrogens is 2. The maximum absolute atomic E-state index is 11.4. The molecule has 1 heterocycles. The average molecular weight is 197 g/mol. The Morgan fingerprint density at radius 1 is 1.69 bits per heavy atom. The summed E-state index contributed by atoms with van der Waals surface area (Å²) in [5, 5.41) is 2.93. The zero-order chi connectivity index (χ0) is 9.26. The summed E-state index contributed by atoms with van der Waals surface area (Å²) in [6, 6.07) is 0.342. The van der Waals surface area contributed by atoms with Gasteiger partial charge in [0.05, 0.1) is 17.9 Å². The van der Waals surface area contributed by atoms with E-state index in [2.05, 4.69) is 21.0 Å². The van der Waals surface area contributed by atoms with E-state index in [1.165, 1.54) is 12.6 Å². The van der Waals surface area contributed by atoms with Crippen molar-refractivity contribution in [2.24, 2.45) is 5.92 Å². The molecule has 1 N–H and O–H groups in total. The van der Waals surface area contributed by atoms with Crippen molar-refractivity contribution < 1.29 is 4.79 Å². The van der Waals surface area contributed by atoms with E-state index in [1.807, 2.05) is 0 Å². The molecule has 4 nitrogen and oxygen atoms in total. The van der Waals surface area contributed by atoms with Gasteiger partial charge in [-0.2, -0.15) is 8.75 Å². The average Bonchev–Trinajstić information content (AvgIpc) is 2.64. The SMILES string of the molecule is CC1CCC1NC(=O)c1cnsn1. The maximum Gasteiger partial charge on any atom is 0.272 e. The standard InChI is InChI=1S/C8H11N3OS/c1-5-2-3-6(5)10-8(12)7-4-9-13-11-7/h4-6H,2-3H2,1H3,(H,10,12). The first-order chi connectivity index (χ1) is 6.27. The van der Waals surface area contributed by atoms with Gasteiger partial charge in [0.25, 0.3) is 5.91 Å². The first kappa shape index (κ1) is 8.62. The quantitative estimate of drug-likeness (QED) is 0.771. The van der Waals surface area contributed by atoms with Crippen LogP contribution in [0.2, 0.25) is 0 Å². The van der Waals surface area contributed by atoms with E-state index in [1.54, 1.807) is 0 Å². The lowest BCUT2D eigenvalue weighted by molar-refractivity contribution is 0.0880. The molecule has 1 aromatic rings. The van der Waals surface area contributed by atoms with Crippen molar-refractivity contribution in [2.45, 2.75) is 25.8 Å². The number of amides is 1. The van der Waals surface area contributed by atoms with Gasteiger partial charge in [-0.25, -0.2) is 0 Å². The van der Waals surface area contributed by atoms with E-state index in [4.69, 9.17) is 0 Å². The minimum atomic E-state index is -0.0923. The summed E-state index contributed by atoms with van der Waals surface area (Å²) in [4.78, 5) is 11.4. The Morgan fingerprint density at radius 2 is 2.54 bits per heavy atom. The van der Waals surface area contributed by atoms with Crippen LogP contribution in [-0.2, 0) is 0 Å². The topological polar surface area (TPSA) is 54.9 Å². The molecule has 1 aromatic heterocycles. The van der Waals surface area contributed by atoms with E-state index in [0.717, 1.165) is 18.1 Å². The van der Waals surface area contributed by atoms with Crippen LogP contribution >= 0.6 is 11.7 Å². The summed E-state index contributed by atoms with van der Waals surface area (Å²) >= 11 is 1.06. The van der Waals surface area contributed by atoms with Crippen LogP contribution in [0.15, 0.2) is 6.20 Å². The highest BCUT2D eigenvalue weighted by atomic mass is 32.1. The van der Waals surface area contributed by atoms with Crippen LogP contribution in [-0.4, -0.2) is 20.7 Å². The van der Waals surface area contributed by atoms with Crippen molar-refractivity contribution in [3.05, 3.63) is 11.9 Å². The van der Waals surface area contributed by atoms with Crippen LogP contribution in [0, 0.1) is 5.92 Å². The molecule has 1 saturated carbocycles. The number of carbonyl (C=O) groups is 1. The molecule has 0 spiro atoms. The zero-order valence-electron chi connectivity index (χ0n) is 7.36. The number of hydrogen-bond acceptors (Lipinski definition) is 4. The molecule has 0 aromatic carbocycles. The van der Waals surface area contributed by atoms with Gasteiger partial charge in [-0.3, -0.25) is 4.79 Å². The number of hydrogen-bond donors (Lipinski definition) is 1. The molecule has 1 aliphatic rings. The monoisotopic (exact) mass is 197 g/mol. The van der Waals surface area contributed by atoms with Crippen LogP contribution in [0.4, 0.5) is 0 Å². The molecule has 2 rings (SSSR count). The largest absolute Gasteiger partial charge is 0.348 e. The van der Waals surface area contributed by atoms with Gasteiger partial charge in [0.1, 0.15) is 0 Å². The van der Waals surface area contributed by atoms with Gasteiger partial charge in [0, 0.05) is 6.04 Å². The predicted octanol–water partition coefficient (Wildman–Crippen LogP) is 1.07. The summed E-state index contributed by atoms with van der Waals surface area (Å²) < 4.78 is 7.65. The Bertz CT molecular complexity index is 298. The van der Waals surface area contributed by atoms with Crippen LogP contribution in [0.25, 0.3) is 0 Å². The Balaban J connectivity index is 1.92. The Kier molecular flexibility index (Phi) is 2.26. The molecular weight excluding hydrogens is 186 g/mol. The third kappa shape index (κ3) is 1.70. The molecular formula is C8H11N3OS. The second-order valence-corrected chi connectivity index (χ2v) is 3.98. The molecule has 2 unspecified atom stereocenters. The second kappa shape index (κ2) is 3.41. The number of nitrogens with one attached hydrogen (secondary N) is 1. The fourth-order valence-corrected chi connectivity index (χ4v) is 1.80. The molecule has 0 saturated heterocycles. The van der Waals surface area contributed by atoms with Gasteiger partial charge in [0.15, 0.2) is 5.69 Å². The molecule has 5 heteroatoms. The Labute approximate surface area is 80.7 Å². The fourth-order valence-electron chi connectivity index (χ4n) is 1.39. The van der Waals surface area contributed by atoms with Crippen molar-refractivity contribution in [3.8, 4) is 0 Å². The highest BCUT2D eigenvalue weighted by molar-refractivity contribution is 6.99. The third-order valence-corrected chi connectivity index (χ3v) is 3.01. The smallest absolute Gasteiger partial charge is 0.272 e. The van der Waals surface area contributed by atoms with Crippen molar-refractivity contribution >= 4 is 17.6 Å². The van der Waals surface area contributed by atoms with Gasteiger partial charge in [0.2, 0.25) is 0 Å². The first-order valence-corrected chi connectivity index (χ1v) is 5.09. The van der Waals surface area contributed by atoms with Crippen LogP contribution in [0.5, 0.6) is 0 Å². The predicted molar refractivity (Wildman–Crippen MR) is 49.6 cm³/mol. The maximum atomic E-state index is 11.4. The summed E-state index contributed by atoms with van der Waals surface area (Å²) in [6.45, 7) is 2.15. The van der Waals surface area contributed by atoms with Crippen molar-refractivity contribution in [1.82, 2.24) is 14.1 Å². The Hall–Kier alpha value is -0.970. The first-order valence-electron chi connectivity index (χ1n) is 4.36. The van der Waals surface area contributed by atoms with E-state index in [-0.39, 0.29) is 5.91 Å². The molecule has 13 heavy (non-hydrogen) atoms. The van der Waals surface area contributed by atoms with Gasteiger partial charge >= 0.3 is 0 Å². The molecule has 0 bridgehead atoms. The van der Waals surface area contributed by atoms with E-state index >= 15 is 0 Å². The molecule has 70 valence electrons. The lowest BCUT2D eigenvalue weighted by Crippen LogP contribution is -2.45. The molecule has 0 radical (unpaired) electrons. The Morgan fingerprint density at radius 3 is 3.00 bits per heavy atom. The highest BCUT2D eigenvalue weighted by Crippen LogP contribution is 2.26. The van der Waals surface area contributed by atoms with Crippen molar-refractivity contribution in [2.75, 3.05) is 0 Å². The minimum Gasteiger partial charge on any atom is -0.348 e. The fraction of sp³-hybridized carbons (Fsp3) is 0.625. The minimum absolute atomic E-state index is 0.0923. The van der Waals surface area contributed by atoms with Gasteiger partial charge < -0.3 is 5.32 Å². The third-order valence-electron chi connectivity index (χ3n) is 2.53. The van der Waals surface area contributed by atoms with Gasteiger partial charge in [-0.05, 0) is 18.8 Å². The van der Waals surface area contributed by atoms with Crippen LogP contribution < -0.4 is 5.32 Å². The molecule has 1 fully saturated rings. The molecule has 1 amide bonds. The number of rotatable bonds is 2. The van der Waals surface area contributed by atoms with Crippen molar-refractivity contribution in [1.29, 1.82) is 0 Å². The van der Waals surface area contributed by atoms with Gasteiger partial charge in [-0.1, -0.05) is 6.92 Å². The lowest BCUT2D eigenvalue weighted by atomic mass is 9.81. The van der Waals surface area contributed by atoms with Crippen LogP contribution in [0.1, 0.15) is 30.3 Å². The van der Waals surface area contributed by atoms with Crippen LogP contribution in [0.3, 0.4) is 0 Å².